The molecule has 3 fully saturated rings. The number of carbonyl (C=O) groups is 3. The standard InChI is InChI=1S/C10H10O3.2C5H8O3/c11-10(13-7-9-6-12-9)8-4-2-1-3-5-8;2*1-4(6)7-2-5-3-8-5/h1-5,9H,6-7H2;2*5H,2-3H2,1H3. The Morgan fingerprint density at radius 3 is 1.48 bits per heavy atom. The Morgan fingerprint density at radius 1 is 0.759 bits per heavy atom. The minimum atomic E-state index is -0.281. The van der Waals surface area contributed by atoms with Crippen molar-refractivity contribution in [2.24, 2.45) is 0 Å². The maximum Gasteiger partial charge on any atom is 0.338 e. The van der Waals surface area contributed by atoms with Gasteiger partial charge in [-0.1, -0.05) is 18.2 Å². The summed E-state index contributed by atoms with van der Waals surface area (Å²) in [6.07, 6.45) is 0.519. The molecule has 3 saturated heterocycles. The Kier molecular flexibility index (Phi) is 9.55. The minimum absolute atomic E-state index is 0.132. The molecule has 1 aromatic carbocycles. The van der Waals surface area contributed by atoms with Gasteiger partial charge >= 0.3 is 17.9 Å². The summed E-state index contributed by atoms with van der Waals surface area (Å²) in [4.78, 5) is 31.5. The zero-order valence-electron chi connectivity index (χ0n) is 16.5. The number of benzene rings is 1. The summed E-state index contributed by atoms with van der Waals surface area (Å²) in [7, 11) is 0. The molecule has 160 valence electrons. The number of hydrogen-bond acceptors (Lipinski definition) is 9. The molecule has 3 aliphatic rings. The molecule has 0 radical (unpaired) electrons. The smallest absolute Gasteiger partial charge is 0.338 e. The Balaban J connectivity index is 0.000000164. The first-order valence-corrected chi connectivity index (χ1v) is 9.27. The van der Waals surface area contributed by atoms with Crippen LogP contribution < -0.4 is 0 Å². The molecular formula is C20H26O9. The maximum atomic E-state index is 11.3. The van der Waals surface area contributed by atoms with Crippen LogP contribution in [0.25, 0.3) is 0 Å². The first kappa shape index (κ1) is 22.8. The van der Waals surface area contributed by atoms with E-state index in [1.165, 1.54) is 13.8 Å². The summed E-state index contributed by atoms with van der Waals surface area (Å²) in [5, 5.41) is 0. The normalized spacial score (nSPS) is 22.5. The summed E-state index contributed by atoms with van der Waals surface area (Å²) in [6.45, 7) is 6.20. The summed E-state index contributed by atoms with van der Waals surface area (Å²) in [5.74, 6) is -0.753. The predicted molar refractivity (Wildman–Crippen MR) is 99.2 cm³/mol. The lowest BCUT2D eigenvalue weighted by atomic mass is 10.2. The average Bonchev–Trinajstić information content (AvgIpc) is 3.58. The van der Waals surface area contributed by atoms with Crippen molar-refractivity contribution in [1.29, 1.82) is 0 Å². The second kappa shape index (κ2) is 12.2. The van der Waals surface area contributed by atoms with Crippen LogP contribution in [0.4, 0.5) is 0 Å². The fraction of sp³-hybridized carbons (Fsp3) is 0.550. The van der Waals surface area contributed by atoms with Crippen molar-refractivity contribution < 1.29 is 42.8 Å². The van der Waals surface area contributed by atoms with Crippen LogP contribution >= 0.6 is 0 Å². The van der Waals surface area contributed by atoms with Gasteiger partial charge in [-0.05, 0) is 12.1 Å². The molecule has 3 unspecified atom stereocenters. The van der Waals surface area contributed by atoms with Crippen molar-refractivity contribution in [3.63, 3.8) is 0 Å². The first-order valence-electron chi connectivity index (χ1n) is 9.27. The second-order valence-electron chi connectivity index (χ2n) is 6.44. The van der Waals surface area contributed by atoms with Gasteiger partial charge in [0, 0.05) is 13.8 Å². The third-order valence-corrected chi connectivity index (χ3v) is 3.56. The average molecular weight is 410 g/mol. The third kappa shape index (κ3) is 12.6. The third-order valence-electron chi connectivity index (χ3n) is 3.56. The molecule has 0 N–H and O–H groups in total. The van der Waals surface area contributed by atoms with Crippen LogP contribution in [0.15, 0.2) is 30.3 Å². The fourth-order valence-corrected chi connectivity index (χ4v) is 1.74. The number of epoxide rings is 3. The largest absolute Gasteiger partial charge is 0.463 e. The Labute approximate surface area is 169 Å². The maximum absolute atomic E-state index is 11.3. The Morgan fingerprint density at radius 2 is 1.14 bits per heavy atom. The number of hydrogen-bond donors (Lipinski definition) is 0. The second-order valence-corrected chi connectivity index (χ2v) is 6.44. The highest BCUT2D eigenvalue weighted by atomic mass is 16.6. The summed E-state index contributed by atoms with van der Waals surface area (Å²) >= 11 is 0. The van der Waals surface area contributed by atoms with E-state index < -0.39 is 0 Å². The first-order chi connectivity index (χ1) is 13.9. The lowest BCUT2D eigenvalue weighted by Crippen LogP contribution is -2.09. The van der Waals surface area contributed by atoms with Crippen LogP contribution in [0.3, 0.4) is 0 Å². The van der Waals surface area contributed by atoms with E-state index >= 15 is 0 Å². The molecule has 0 saturated carbocycles. The topological polar surface area (TPSA) is 116 Å². The van der Waals surface area contributed by atoms with E-state index in [9.17, 15) is 14.4 Å². The van der Waals surface area contributed by atoms with Gasteiger partial charge in [-0.25, -0.2) is 4.79 Å². The fourth-order valence-electron chi connectivity index (χ4n) is 1.74. The molecule has 3 aliphatic heterocycles. The van der Waals surface area contributed by atoms with Gasteiger partial charge in [0.2, 0.25) is 0 Å². The van der Waals surface area contributed by atoms with Crippen molar-refractivity contribution in [1.82, 2.24) is 0 Å². The Hall–Kier alpha value is -2.49. The van der Waals surface area contributed by atoms with Gasteiger partial charge in [-0.2, -0.15) is 0 Å². The van der Waals surface area contributed by atoms with Crippen LogP contribution in [0, 0.1) is 0 Å². The molecular weight excluding hydrogens is 384 g/mol. The van der Waals surface area contributed by atoms with Gasteiger partial charge in [-0.15, -0.1) is 0 Å². The molecule has 0 aromatic heterocycles. The molecule has 3 heterocycles. The quantitative estimate of drug-likeness (QED) is 0.370. The molecule has 4 rings (SSSR count). The molecule has 9 nitrogen and oxygen atoms in total. The number of ether oxygens (including phenoxy) is 6. The molecule has 0 aliphatic carbocycles. The van der Waals surface area contributed by atoms with E-state index in [2.05, 4.69) is 9.47 Å². The summed E-state index contributed by atoms with van der Waals surface area (Å²) in [5.41, 5.74) is 0.586. The van der Waals surface area contributed by atoms with Gasteiger partial charge < -0.3 is 28.4 Å². The lowest BCUT2D eigenvalue weighted by Gasteiger charge is -2.01. The number of esters is 3. The van der Waals surface area contributed by atoms with Crippen molar-refractivity contribution >= 4 is 17.9 Å². The Bertz CT molecular complexity index is 623. The zero-order chi connectivity index (χ0) is 21.1. The van der Waals surface area contributed by atoms with Crippen LogP contribution in [0.2, 0.25) is 0 Å². The van der Waals surface area contributed by atoms with E-state index in [1.807, 2.05) is 18.2 Å². The molecule has 0 bridgehead atoms. The highest BCUT2D eigenvalue weighted by Crippen LogP contribution is 2.10. The van der Waals surface area contributed by atoms with Gasteiger partial charge in [0.05, 0.1) is 25.4 Å². The molecule has 29 heavy (non-hydrogen) atoms. The lowest BCUT2D eigenvalue weighted by molar-refractivity contribution is -0.142. The molecule has 9 heteroatoms. The van der Waals surface area contributed by atoms with Crippen molar-refractivity contribution in [2.75, 3.05) is 39.6 Å². The van der Waals surface area contributed by atoms with Crippen LogP contribution in [-0.2, 0) is 38.0 Å². The van der Waals surface area contributed by atoms with E-state index in [0.717, 1.165) is 13.2 Å². The highest BCUT2D eigenvalue weighted by molar-refractivity contribution is 5.89. The van der Waals surface area contributed by atoms with E-state index in [0.29, 0.717) is 32.0 Å². The van der Waals surface area contributed by atoms with Gasteiger partial charge in [-0.3, -0.25) is 9.59 Å². The van der Waals surface area contributed by atoms with Gasteiger partial charge in [0.25, 0.3) is 0 Å². The molecule has 1 aromatic rings. The van der Waals surface area contributed by atoms with E-state index in [4.69, 9.17) is 18.9 Å². The van der Waals surface area contributed by atoms with Crippen molar-refractivity contribution in [2.45, 2.75) is 32.2 Å². The predicted octanol–water partition coefficient (Wildman–Crippen LogP) is 1.14. The number of carbonyl (C=O) groups excluding carboxylic acids is 3. The summed E-state index contributed by atoms with van der Waals surface area (Å²) in [6, 6.07) is 8.95. The van der Waals surface area contributed by atoms with Crippen LogP contribution in [0.5, 0.6) is 0 Å². The SMILES string of the molecule is CC(=O)OCC1CO1.CC(=O)OCC1CO1.O=C(OCC1CO1)c1ccccc1. The monoisotopic (exact) mass is 410 g/mol. The summed E-state index contributed by atoms with van der Waals surface area (Å²) < 4.78 is 28.7. The molecule has 0 amide bonds. The highest BCUT2D eigenvalue weighted by Gasteiger charge is 2.25. The van der Waals surface area contributed by atoms with Gasteiger partial charge in [0.15, 0.2) is 0 Å². The van der Waals surface area contributed by atoms with Crippen molar-refractivity contribution in [3.8, 4) is 0 Å². The van der Waals surface area contributed by atoms with Gasteiger partial charge in [0.1, 0.15) is 38.1 Å². The minimum Gasteiger partial charge on any atom is -0.463 e. The number of rotatable bonds is 7. The zero-order valence-corrected chi connectivity index (χ0v) is 16.5. The molecule has 0 spiro atoms. The molecule has 3 atom stereocenters. The van der Waals surface area contributed by atoms with Crippen LogP contribution in [-0.4, -0.2) is 75.9 Å². The van der Waals surface area contributed by atoms with Crippen molar-refractivity contribution in [3.05, 3.63) is 35.9 Å². The van der Waals surface area contributed by atoms with E-state index in [-0.39, 0.29) is 36.2 Å². The van der Waals surface area contributed by atoms with E-state index in [1.54, 1.807) is 12.1 Å². The van der Waals surface area contributed by atoms with Crippen LogP contribution in [0.1, 0.15) is 24.2 Å².